The van der Waals surface area contributed by atoms with Gasteiger partial charge in [0.05, 0.1) is 5.69 Å². The Hall–Kier alpha value is -2.89. The number of benzene rings is 1. The van der Waals surface area contributed by atoms with Crippen molar-refractivity contribution in [3.05, 3.63) is 36.5 Å². The van der Waals surface area contributed by atoms with Crippen LogP contribution in [0.15, 0.2) is 36.5 Å². The number of phenolic OH excluding ortho intramolecular Hbond substituents is 1. The van der Waals surface area contributed by atoms with Crippen LogP contribution < -0.4 is 9.80 Å². The number of hydrogen-bond acceptors (Lipinski definition) is 6. The fourth-order valence-electron chi connectivity index (χ4n) is 4.49. The first-order valence-electron chi connectivity index (χ1n) is 10.8. The molecule has 0 aliphatic carbocycles. The normalized spacial score (nSPS) is 17.7. The third-order valence-electron chi connectivity index (χ3n) is 6.10. The minimum Gasteiger partial charge on any atom is -0.508 e. The molecule has 4 heterocycles. The fourth-order valence-corrected chi connectivity index (χ4v) is 4.49. The highest BCUT2D eigenvalue weighted by molar-refractivity contribution is 6.00. The molecule has 2 aromatic heterocycles. The van der Waals surface area contributed by atoms with Crippen molar-refractivity contribution in [3.63, 3.8) is 0 Å². The summed E-state index contributed by atoms with van der Waals surface area (Å²) >= 11 is 0. The Bertz CT molecular complexity index is 992. The number of anilines is 2. The third-order valence-corrected chi connectivity index (χ3v) is 6.10. The molecule has 5 rings (SSSR count). The van der Waals surface area contributed by atoms with E-state index in [4.69, 9.17) is 10.1 Å². The zero-order chi connectivity index (χ0) is 19.6. The minimum atomic E-state index is 0.266. The minimum absolute atomic E-state index is 0.266. The maximum Gasteiger partial charge on any atom is 0.160 e. The molecule has 6 heteroatoms. The van der Waals surface area contributed by atoms with E-state index in [9.17, 15) is 5.11 Å². The van der Waals surface area contributed by atoms with Gasteiger partial charge in [0, 0.05) is 48.7 Å². The van der Waals surface area contributed by atoms with Crippen LogP contribution in [-0.4, -0.2) is 46.5 Å². The molecule has 1 aromatic carbocycles. The van der Waals surface area contributed by atoms with Crippen molar-refractivity contribution in [2.75, 3.05) is 36.0 Å². The highest BCUT2D eigenvalue weighted by Gasteiger charge is 2.22. The van der Waals surface area contributed by atoms with E-state index in [2.05, 4.69) is 21.0 Å². The average molecular weight is 390 g/mol. The molecule has 0 unspecified atom stereocenters. The highest BCUT2D eigenvalue weighted by atomic mass is 16.3. The van der Waals surface area contributed by atoms with Crippen LogP contribution >= 0.6 is 0 Å². The number of phenols is 1. The van der Waals surface area contributed by atoms with Crippen LogP contribution in [0.25, 0.3) is 22.0 Å². The SMILES string of the molecule is Oc1ccc(-c2cc3c(N4CCCCC4)nnc(N4CCCCC4)c3cn2)cc1. The number of nitrogens with zero attached hydrogens (tertiary/aromatic N) is 5. The molecule has 0 radical (unpaired) electrons. The third kappa shape index (κ3) is 3.59. The van der Waals surface area contributed by atoms with Gasteiger partial charge in [-0.3, -0.25) is 4.98 Å². The van der Waals surface area contributed by atoms with Crippen molar-refractivity contribution >= 4 is 22.4 Å². The Morgan fingerprint density at radius 3 is 1.83 bits per heavy atom. The zero-order valence-electron chi connectivity index (χ0n) is 16.7. The predicted molar refractivity (Wildman–Crippen MR) is 117 cm³/mol. The van der Waals surface area contributed by atoms with E-state index in [1.165, 1.54) is 38.5 Å². The first kappa shape index (κ1) is 18.2. The van der Waals surface area contributed by atoms with E-state index >= 15 is 0 Å². The molecular weight excluding hydrogens is 362 g/mol. The molecule has 0 saturated carbocycles. The van der Waals surface area contributed by atoms with Crippen molar-refractivity contribution in [1.82, 2.24) is 15.2 Å². The van der Waals surface area contributed by atoms with Gasteiger partial charge in [0.15, 0.2) is 11.6 Å². The van der Waals surface area contributed by atoms with E-state index in [1.807, 2.05) is 18.3 Å². The van der Waals surface area contributed by atoms with Crippen LogP contribution in [-0.2, 0) is 0 Å². The Morgan fingerprint density at radius 2 is 1.24 bits per heavy atom. The van der Waals surface area contributed by atoms with Gasteiger partial charge in [0.1, 0.15) is 5.75 Å². The first-order chi connectivity index (χ1) is 14.3. The van der Waals surface area contributed by atoms with E-state index < -0.39 is 0 Å². The second-order valence-corrected chi connectivity index (χ2v) is 8.10. The molecule has 150 valence electrons. The number of piperidine rings is 2. The molecule has 29 heavy (non-hydrogen) atoms. The van der Waals surface area contributed by atoms with Crippen molar-refractivity contribution in [2.24, 2.45) is 0 Å². The Kier molecular flexibility index (Phi) is 4.92. The first-order valence-corrected chi connectivity index (χ1v) is 10.8. The van der Waals surface area contributed by atoms with Crippen molar-refractivity contribution in [1.29, 1.82) is 0 Å². The smallest absolute Gasteiger partial charge is 0.160 e. The van der Waals surface area contributed by atoms with Crippen molar-refractivity contribution < 1.29 is 5.11 Å². The lowest BCUT2D eigenvalue weighted by molar-refractivity contribution is 0.475. The van der Waals surface area contributed by atoms with Crippen molar-refractivity contribution in [2.45, 2.75) is 38.5 Å². The van der Waals surface area contributed by atoms with Gasteiger partial charge in [-0.15, -0.1) is 10.2 Å². The Balaban J connectivity index is 1.64. The number of hydrogen-bond donors (Lipinski definition) is 1. The molecule has 2 aliphatic rings. The van der Waals surface area contributed by atoms with Gasteiger partial charge in [0.2, 0.25) is 0 Å². The molecule has 0 spiro atoms. The standard InChI is InChI=1S/C23H27N5O/c29-18-9-7-17(8-10-18)21-15-19-20(16-24-21)23(28-13-5-2-6-14-28)26-25-22(19)27-11-3-1-4-12-27/h7-10,15-16,29H,1-6,11-14H2. The molecule has 6 nitrogen and oxygen atoms in total. The number of aromatic hydroxyl groups is 1. The molecule has 0 atom stereocenters. The second-order valence-electron chi connectivity index (χ2n) is 8.10. The van der Waals surface area contributed by atoms with Crippen LogP contribution in [0.3, 0.4) is 0 Å². The van der Waals surface area contributed by atoms with E-state index in [0.29, 0.717) is 0 Å². The largest absolute Gasteiger partial charge is 0.508 e. The maximum absolute atomic E-state index is 9.62. The van der Waals surface area contributed by atoms with E-state index in [-0.39, 0.29) is 5.75 Å². The topological polar surface area (TPSA) is 65.4 Å². The summed E-state index contributed by atoms with van der Waals surface area (Å²) in [5, 5.41) is 21.2. The van der Waals surface area contributed by atoms with Gasteiger partial charge in [-0.2, -0.15) is 0 Å². The number of fused-ring (bicyclic) bond motifs is 1. The Morgan fingerprint density at radius 1 is 0.690 bits per heavy atom. The maximum atomic E-state index is 9.62. The zero-order valence-corrected chi connectivity index (χ0v) is 16.7. The average Bonchev–Trinajstić information content (AvgIpc) is 2.79. The van der Waals surface area contributed by atoms with Gasteiger partial charge in [-0.05, 0) is 68.9 Å². The molecule has 2 saturated heterocycles. The summed E-state index contributed by atoms with van der Waals surface area (Å²) in [4.78, 5) is 9.49. The summed E-state index contributed by atoms with van der Waals surface area (Å²) in [5.41, 5.74) is 1.89. The summed E-state index contributed by atoms with van der Waals surface area (Å²) in [6, 6.07) is 9.37. The molecule has 0 amide bonds. The lowest BCUT2D eigenvalue weighted by Crippen LogP contribution is -2.32. The van der Waals surface area contributed by atoms with Crippen LogP contribution in [0.2, 0.25) is 0 Å². The summed E-state index contributed by atoms with van der Waals surface area (Å²) in [5.74, 6) is 2.20. The predicted octanol–water partition coefficient (Wildman–Crippen LogP) is 4.38. The van der Waals surface area contributed by atoms with Crippen LogP contribution in [0.1, 0.15) is 38.5 Å². The van der Waals surface area contributed by atoms with E-state index in [1.54, 1.807) is 12.1 Å². The molecule has 0 bridgehead atoms. The number of aromatic nitrogens is 3. The van der Waals surface area contributed by atoms with Crippen molar-refractivity contribution in [3.8, 4) is 17.0 Å². The molecular formula is C23H27N5O. The van der Waals surface area contributed by atoms with Gasteiger partial charge in [0.25, 0.3) is 0 Å². The lowest BCUT2D eigenvalue weighted by atomic mass is 10.1. The second kappa shape index (κ2) is 7.85. The van der Waals surface area contributed by atoms with Crippen LogP contribution in [0, 0.1) is 0 Å². The van der Waals surface area contributed by atoms with Crippen LogP contribution in [0.5, 0.6) is 5.75 Å². The summed E-state index contributed by atoms with van der Waals surface area (Å²) < 4.78 is 0. The number of pyridine rings is 1. The summed E-state index contributed by atoms with van der Waals surface area (Å²) in [7, 11) is 0. The van der Waals surface area contributed by atoms with Gasteiger partial charge < -0.3 is 14.9 Å². The molecule has 2 aliphatic heterocycles. The summed E-state index contributed by atoms with van der Waals surface area (Å²) in [6.45, 7) is 4.13. The van der Waals surface area contributed by atoms with Gasteiger partial charge in [-0.25, -0.2) is 0 Å². The van der Waals surface area contributed by atoms with Gasteiger partial charge >= 0.3 is 0 Å². The Labute approximate surface area is 171 Å². The molecule has 2 fully saturated rings. The molecule has 1 N–H and O–H groups in total. The van der Waals surface area contributed by atoms with E-state index in [0.717, 1.165) is 59.8 Å². The molecule has 3 aromatic rings. The van der Waals surface area contributed by atoms with Gasteiger partial charge in [-0.1, -0.05) is 0 Å². The lowest BCUT2D eigenvalue weighted by Gasteiger charge is -2.31. The monoisotopic (exact) mass is 389 g/mol. The van der Waals surface area contributed by atoms with Crippen LogP contribution in [0.4, 0.5) is 11.6 Å². The quantitative estimate of drug-likeness (QED) is 0.717. The summed E-state index contributed by atoms with van der Waals surface area (Å²) in [6.07, 6.45) is 9.35. The highest BCUT2D eigenvalue weighted by Crippen LogP contribution is 2.34. The fraction of sp³-hybridized carbons (Fsp3) is 0.435. The number of rotatable bonds is 3.